The molecule has 1 aromatic rings. The fourth-order valence-corrected chi connectivity index (χ4v) is 2.81. The van der Waals surface area contributed by atoms with Gasteiger partial charge in [0.05, 0.1) is 6.61 Å². The molecule has 0 bridgehead atoms. The number of ether oxygens (including phenoxy) is 1. The lowest BCUT2D eigenvalue weighted by atomic mass is 10.1. The van der Waals surface area contributed by atoms with Gasteiger partial charge in [0.25, 0.3) is 0 Å². The van der Waals surface area contributed by atoms with E-state index in [4.69, 9.17) is 4.74 Å². The quantitative estimate of drug-likeness (QED) is 0.881. The largest absolute Gasteiger partial charge is 0.493 e. The van der Waals surface area contributed by atoms with Gasteiger partial charge in [-0.3, -0.25) is 5.43 Å². The Kier molecular flexibility index (Phi) is 3.81. The molecule has 2 aliphatic rings. The van der Waals surface area contributed by atoms with Gasteiger partial charge < -0.3 is 4.74 Å². The standard InChI is InChI=1S/C15H22N2O/c1-2-9-17(10-3-1)16-8-6-13-4-5-15-14(12-13)7-11-18-15/h4-5,12,16H,1-3,6-11H2. The average Bonchev–Trinajstić information content (AvgIpc) is 2.87. The van der Waals surface area contributed by atoms with Crippen LogP contribution in [0.3, 0.4) is 0 Å². The van der Waals surface area contributed by atoms with Crippen molar-refractivity contribution in [2.24, 2.45) is 0 Å². The van der Waals surface area contributed by atoms with Crippen LogP contribution in [0.5, 0.6) is 5.75 Å². The second-order valence-corrected chi connectivity index (χ2v) is 5.25. The van der Waals surface area contributed by atoms with Crippen LogP contribution in [-0.2, 0) is 12.8 Å². The highest BCUT2D eigenvalue weighted by atomic mass is 16.5. The van der Waals surface area contributed by atoms with Crippen molar-refractivity contribution in [3.63, 3.8) is 0 Å². The highest BCUT2D eigenvalue weighted by Crippen LogP contribution is 2.25. The van der Waals surface area contributed by atoms with E-state index in [0.29, 0.717) is 0 Å². The van der Waals surface area contributed by atoms with Gasteiger partial charge >= 0.3 is 0 Å². The van der Waals surface area contributed by atoms with Crippen molar-refractivity contribution in [3.05, 3.63) is 29.3 Å². The van der Waals surface area contributed by atoms with Crippen LogP contribution in [0.25, 0.3) is 0 Å². The zero-order valence-corrected chi connectivity index (χ0v) is 11.0. The molecule has 0 saturated carbocycles. The van der Waals surface area contributed by atoms with Gasteiger partial charge in [0.15, 0.2) is 0 Å². The van der Waals surface area contributed by atoms with Gasteiger partial charge in [-0.05, 0) is 36.5 Å². The summed E-state index contributed by atoms with van der Waals surface area (Å²) in [5, 5.41) is 2.37. The molecule has 3 nitrogen and oxygen atoms in total. The fraction of sp³-hybridized carbons (Fsp3) is 0.600. The number of nitrogens with zero attached hydrogens (tertiary/aromatic N) is 1. The minimum atomic E-state index is 0.852. The van der Waals surface area contributed by atoms with E-state index in [9.17, 15) is 0 Å². The number of hydrogen-bond acceptors (Lipinski definition) is 3. The maximum atomic E-state index is 5.53. The van der Waals surface area contributed by atoms with Crippen LogP contribution in [0, 0.1) is 0 Å². The van der Waals surface area contributed by atoms with Crippen LogP contribution in [-0.4, -0.2) is 31.3 Å². The molecule has 98 valence electrons. The SMILES string of the molecule is c1cc2c(cc1CCNN1CCCCC1)CCO2. The predicted molar refractivity (Wildman–Crippen MR) is 72.8 cm³/mol. The molecule has 0 aromatic heterocycles. The molecule has 0 atom stereocenters. The Bertz CT molecular complexity index is 399. The maximum Gasteiger partial charge on any atom is 0.122 e. The van der Waals surface area contributed by atoms with E-state index in [1.165, 1.54) is 43.5 Å². The van der Waals surface area contributed by atoms with Gasteiger partial charge in [-0.2, -0.15) is 0 Å². The van der Waals surface area contributed by atoms with Crippen LogP contribution in [0.4, 0.5) is 0 Å². The van der Waals surface area contributed by atoms with Gasteiger partial charge in [0.1, 0.15) is 5.75 Å². The normalized spacial score (nSPS) is 19.6. The number of rotatable bonds is 4. The van der Waals surface area contributed by atoms with Crippen LogP contribution in [0.2, 0.25) is 0 Å². The maximum absolute atomic E-state index is 5.53. The Morgan fingerprint density at radius 1 is 1.17 bits per heavy atom. The highest BCUT2D eigenvalue weighted by molar-refractivity contribution is 5.39. The lowest BCUT2D eigenvalue weighted by Crippen LogP contribution is -2.42. The second-order valence-electron chi connectivity index (χ2n) is 5.25. The molecule has 1 fully saturated rings. The smallest absolute Gasteiger partial charge is 0.122 e. The first kappa shape index (κ1) is 12.0. The van der Waals surface area contributed by atoms with Crippen LogP contribution >= 0.6 is 0 Å². The monoisotopic (exact) mass is 246 g/mol. The second kappa shape index (κ2) is 5.72. The van der Waals surface area contributed by atoms with Gasteiger partial charge in [0, 0.05) is 26.1 Å². The molecular weight excluding hydrogens is 224 g/mol. The molecule has 3 heteroatoms. The Balaban J connectivity index is 1.48. The van der Waals surface area contributed by atoms with Crippen molar-refractivity contribution >= 4 is 0 Å². The Morgan fingerprint density at radius 2 is 2.06 bits per heavy atom. The van der Waals surface area contributed by atoms with E-state index in [1.54, 1.807) is 0 Å². The zero-order chi connectivity index (χ0) is 12.2. The number of hydrazine groups is 1. The number of fused-ring (bicyclic) bond motifs is 1. The molecule has 2 heterocycles. The molecule has 1 N–H and O–H groups in total. The summed E-state index contributed by atoms with van der Waals surface area (Å²) in [5.74, 6) is 1.09. The van der Waals surface area contributed by atoms with Crippen LogP contribution < -0.4 is 10.2 Å². The highest BCUT2D eigenvalue weighted by Gasteiger charge is 2.12. The molecule has 0 unspecified atom stereocenters. The van der Waals surface area contributed by atoms with Gasteiger partial charge in [-0.15, -0.1) is 0 Å². The first-order valence-electron chi connectivity index (χ1n) is 7.15. The third-order valence-electron chi connectivity index (χ3n) is 3.86. The molecule has 1 aromatic carbocycles. The van der Waals surface area contributed by atoms with Crippen molar-refractivity contribution < 1.29 is 4.74 Å². The summed E-state index contributed by atoms with van der Waals surface area (Å²) < 4.78 is 5.53. The first-order valence-corrected chi connectivity index (χ1v) is 7.15. The van der Waals surface area contributed by atoms with E-state index < -0.39 is 0 Å². The number of nitrogens with one attached hydrogen (secondary N) is 1. The third kappa shape index (κ3) is 2.85. The molecule has 0 radical (unpaired) electrons. The molecule has 0 amide bonds. The summed E-state index contributed by atoms with van der Waals surface area (Å²) in [6.45, 7) is 4.31. The first-order chi connectivity index (χ1) is 8.92. The zero-order valence-electron chi connectivity index (χ0n) is 11.0. The third-order valence-corrected chi connectivity index (χ3v) is 3.86. The Labute approximate surface area is 109 Å². The summed E-state index contributed by atoms with van der Waals surface area (Å²) in [4.78, 5) is 0. The van der Waals surface area contributed by atoms with E-state index in [2.05, 4.69) is 28.6 Å². The van der Waals surface area contributed by atoms with Crippen LogP contribution in [0.15, 0.2) is 18.2 Å². The Morgan fingerprint density at radius 3 is 2.94 bits per heavy atom. The lowest BCUT2D eigenvalue weighted by Gasteiger charge is -2.27. The van der Waals surface area contributed by atoms with Crippen molar-refractivity contribution in [3.8, 4) is 5.75 Å². The fourth-order valence-electron chi connectivity index (χ4n) is 2.81. The van der Waals surface area contributed by atoms with Gasteiger partial charge in [-0.1, -0.05) is 18.6 Å². The summed E-state index contributed by atoms with van der Waals surface area (Å²) >= 11 is 0. The average molecular weight is 246 g/mol. The van der Waals surface area contributed by atoms with E-state index in [0.717, 1.165) is 31.7 Å². The minimum absolute atomic E-state index is 0.852. The molecule has 0 aliphatic carbocycles. The van der Waals surface area contributed by atoms with Crippen molar-refractivity contribution in [2.75, 3.05) is 26.2 Å². The van der Waals surface area contributed by atoms with E-state index in [-0.39, 0.29) is 0 Å². The van der Waals surface area contributed by atoms with Gasteiger partial charge in [0.2, 0.25) is 0 Å². The number of benzene rings is 1. The van der Waals surface area contributed by atoms with Crippen molar-refractivity contribution in [2.45, 2.75) is 32.1 Å². The summed E-state index contributed by atoms with van der Waals surface area (Å²) in [7, 11) is 0. The lowest BCUT2D eigenvalue weighted by molar-refractivity contribution is 0.155. The molecular formula is C15H22N2O. The molecule has 1 saturated heterocycles. The minimum Gasteiger partial charge on any atom is -0.493 e. The summed E-state index contributed by atoms with van der Waals surface area (Å²) in [5.41, 5.74) is 6.34. The Hall–Kier alpha value is -1.06. The van der Waals surface area contributed by atoms with E-state index in [1.807, 2.05) is 0 Å². The predicted octanol–water partition coefficient (Wildman–Crippen LogP) is 2.15. The molecule has 18 heavy (non-hydrogen) atoms. The molecule has 2 aliphatic heterocycles. The van der Waals surface area contributed by atoms with E-state index >= 15 is 0 Å². The summed E-state index contributed by atoms with van der Waals surface area (Å²) in [6.07, 6.45) is 6.24. The van der Waals surface area contributed by atoms with Crippen molar-refractivity contribution in [1.29, 1.82) is 0 Å². The summed E-state index contributed by atoms with van der Waals surface area (Å²) in [6, 6.07) is 6.63. The number of hydrogen-bond donors (Lipinski definition) is 1. The number of piperidine rings is 1. The topological polar surface area (TPSA) is 24.5 Å². The molecule has 0 spiro atoms. The van der Waals surface area contributed by atoms with Crippen molar-refractivity contribution in [1.82, 2.24) is 10.4 Å². The molecule has 3 rings (SSSR count). The van der Waals surface area contributed by atoms with Gasteiger partial charge in [-0.25, -0.2) is 5.01 Å². The van der Waals surface area contributed by atoms with Crippen LogP contribution in [0.1, 0.15) is 30.4 Å².